The summed E-state index contributed by atoms with van der Waals surface area (Å²) in [5.41, 5.74) is 2.44. The average molecular weight is 253 g/mol. The van der Waals surface area contributed by atoms with Crippen LogP contribution >= 0.6 is 0 Å². The molecule has 0 N–H and O–H groups in total. The monoisotopic (exact) mass is 253 g/mol. The van der Waals surface area contributed by atoms with E-state index < -0.39 is 0 Å². The average Bonchev–Trinajstić information content (AvgIpc) is 2.77. The highest BCUT2D eigenvalue weighted by Gasteiger charge is 2.09. The molecule has 0 saturated carbocycles. The molecule has 0 aliphatic carbocycles. The molecular formula is C16H12FNO. The molecule has 1 heterocycles. The van der Waals surface area contributed by atoms with Crippen LogP contribution in [-0.2, 0) is 6.54 Å². The lowest BCUT2D eigenvalue weighted by atomic mass is 10.2. The van der Waals surface area contributed by atoms with E-state index in [4.69, 9.17) is 0 Å². The van der Waals surface area contributed by atoms with Crippen molar-refractivity contribution in [2.45, 2.75) is 6.54 Å². The van der Waals surface area contributed by atoms with Gasteiger partial charge in [-0.15, -0.1) is 0 Å². The van der Waals surface area contributed by atoms with Gasteiger partial charge < -0.3 is 4.57 Å². The van der Waals surface area contributed by atoms with Gasteiger partial charge in [0.1, 0.15) is 5.82 Å². The number of rotatable bonds is 3. The second-order valence-electron chi connectivity index (χ2n) is 4.48. The zero-order valence-corrected chi connectivity index (χ0v) is 10.2. The molecule has 0 saturated heterocycles. The van der Waals surface area contributed by atoms with Gasteiger partial charge in [-0.3, -0.25) is 4.79 Å². The molecule has 3 aromatic rings. The summed E-state index contributed by atoms with van der Waals surface area (Å²) >= 11 is 0. The third kappa shape index (κ3) is 2.15. The Balaban J connectivity index is 2.13. The number of carbonyl (C=O) groups excluding carboxylic acids is 1. The van der Waals surface area contributed by atoms with Gasteiger partial charge in [0.25, 0.3) is 0 Å². The second kappa shape index (κ2) is 4.69. The second-order valence-corrected chi connectivity index (χ2v) is 4.48. The zero-order valence-electron chi connectivity index (χ0n) is 10.2. The number of halogens is 1. The number of hydrogen-bond acceptors (Lipinski definition) is 1. The van der Waals surface area contributed by atoms with E-state index in [-0.39, 0.29) is 5.82 Å². The molecule has 3 heteroatoms. The van der Waals surface area contributed by atoms with Crippen molar-refractivity contribution < 1.29 is 9.18 Å². The molecular weight excluding hydrogens is 241 g/mol. The van der Waals surface area contributed by atoms with Gasteiger partial charge in [0.05, 0.1) is 5.52 Å². The van der Waals surface area contributed by atoms with E-state index >= 15 is 0 Å². The predicted molar refractivity (Wildman–Crippen MR) is 72.8 cm³/mol. The zero-order chi connectivity index (χ0) is 13.2. The number of aromatic nitrogens is 1. The summed E-state index contributed by atoms with van der Waals surface area (Å²) in [7, 11) is 0. The van der Waals surface area contributed by atoms with E-state index in [2.05, 4.69) is 0 Å². The first-order chi connectivity index (χ1) is 9.28. The summed E-state index contributed by atoms with van der Waals surface area (Å²) in [6.45, 7) is 0.620. The number of carbonyl (C=O) groups is 1. The normalized spacial score (nSPS) is 10.8. The summed E-state index contributed by atoms with van der Waals surface area (Å²) in [6.07, 6.45) is 2.58. The summed E-state index contributed by atoms with van der Waals surface area (Å²) in [6, 6.07) is 14.4. The van der Waals surface area contributed by atoms with Crippen LogP contribution in [0.5, 0.6) is 0 Å². The van der Waals surface area contributed by atoms with Crippen LogP contribution in [0.3, 0.4) is 0 Å². The summed E-state index contributed by atoms with van der Waals surface area (Å²) < 4.78 is 15.3. The molecule has 0 unspecified atom stereocenters. The van der Waals surface area contributed by atoms with E-state index in [0.717, 1.165) is 22.8 Å². The SMILES string of the molecule is O=Cc1cn(Cc2ccccc2)c2cc(F)ccc12. The molecule has 19 heavy (non-hydrogen) atoms. The van der Waals surface area contributed by atoms with Gasteiger partial charge in [-0.2, -0.15) is 0 Å². The van der Waals surface area contributed by atoms with Crippen molar-refractivity contribution in [3.8, 4) is 0 Å². The van der Waals surface area contributed by atoms with Crippen molar-refractivity contribution >= 4 is 17.2 Å². The summed E-state index contributed by atoms with van der Waals surface area (Å²) in [5.74, 6) is -0.294. The van der Waals surface area contributed by atoms with Crippen molar-refractivity contribution in [3.05, 3.63) is 71.7 Å². The summed E-state index contributed by atoms with van der Waals surface area (Å²) in [4.78, 5) is 11.1. The fraction of sp³-hybridized carbons (Fsp3) is 0.0625. The quantitative estimate of drug-likeness (QED) is 0.653. The van der Waals surface area contributed by atoms with E-state index in [9.17, 15) is 9.18 Å². The van der Waals surface area contributed by atoms with Crippen LogP contribution in [0.1, 0.15) is 15.9 Å². The third-order valence-corrected chi connectivity index (χ3v) is 3.20. The molecule has 94 valence electrons. The fourth-order valence-corrected chi connectivity index (χ4v) is 2.30. The number of nitrogens with zero attached hydrogens (tertiary/aromatic N) is 1. The largest absolute Gasteiger partial charge is 0.342 e. The van der Waals surface area contributed by atoms with Crippen molar-refractivity contribution in [1.29, 1.82) is 0 Å². The van der Waals surface area contributed by atoms with Crippen LogP contribution in [0.4, 0.5) is 4.39 Å². The molecule has 0 radical (unpaired) electrons. The first-order valence-electron chi connectivity index (χ1n) is 6.05. The van der Waals surface area contributed by atoms with Gasteiger partial charge in [-0.25, -0.2) is 4.39 Å². The van der Waals surface area contributed by atoms with E-state index in [1.807, 2.05) is 34.9 Å². The lowest BCUT2D eigenvalue weighted by molar-refractivity contribution is 0.112. The first kappa shape index (κ1) is 11.7. The minimum absolute atomic E-state index is 0.294. The molecule has 0 aliphatic heterocycles. The highest BCUT2D eigenvalue weighted by atomic mass is 19.1. The molecule has 2 aromatic carbocycles. The Morgan fingerprint density at radius 3 is 2.63 bits per heavy atom. The number of aldehydes is 1. The highest BCUT2D eigenvalue weighted by molar-refractivity contribution is 5.97. The number of fused-ring (bicyclic) bond motifs is 1. The molecule has 2 nitrogen and oxygen atoms in total. The van der Waals surface area contributed by atoms with Gasteiger partial charge in [-0.05, 0) is 23.8 Å². The number of benzene rings is 2. The fourth-order valence-electron chi connectivity index (χ4n) is 2.30. The summed E-state index contributed by atoms with van der Waals surface area (Å²) in [5, 5.41) is 0.785. The molecule has 0 atom stereocenters. The molecule has 0 fully saturated rings. The van der Waals surface area contributed by atoms with Crippen LogP contribution in [0.2, 0.25) is 0 Å². The molecule has 1 aromatic heterocycles. The van der Waals surface area contributed by atoms with Gasteiger partial charge in [-0.1, -0.05) is 30.3 Å². The Hall–Kier alpha value is -2.42. The van der Waals surface area contributed by atoms with Crippen LogP contribution in [0.15, 0.2) is 54.7 Å². The Labute approximate surface area is 110 Å². The van der Waals surface area contributed by atoms with Crippen molar-refractivity contribution in [3.63, 3.8) is 0 Å². The minimum Gasteiger partial charge on any atom is -0.342 e. The predicted octanol–water partition coefficient (Wildman–Crippen LogP) is 3.64. The Morgan fingerprint density at radius 1 is 1.11 bits per heavy atom. The van der Waals surface area contributed by atoms with Gasteiger partial charge in [0.2, 0.25) is 0 Å². The lowest BCUT2D eigenvalue weighted by Gasteiger charge is -2.05. The maximum atomic E-state index is 13.4. The molecule has 3 rings (SSSR count). The van der Waals surface area contributed by atoms with Gasteiger partial charge in [0, 0.05) is 23.7 Å². The lowest BCUT2D eigenvalue weighted by Crippen LogP contribution is -1.97. The molecule has 0 amide bonds. The molecule has 0 spiro atoms. The van der Waals surface area contributed by atoms with Crippen LogP contribution in [0.25, 0.3) is 10.9 Å². The topological polar surface area (TPSA) is 22.0 Å². The van der Waals surface area contributed by atoms with Crippen molar-refractivity contribution in [2.75, 3.05) is 0 Å². The standard InChI is InChI=1S/C16H12FNO/c17-14-6-7-15-13(11-19)10-18(16(15)8-14)9-12-4-2-1-3-5-12/h1-8,10-11H,9H2. The van der Waals surface area contributed by atoms with Crippen molar-refractivity contribution in [2.24, 2.45) is 0 Å². The van der Waals surface area contributed by atoms with E-state index in [1.54, 1.807) is 12.3 Å². The Morgan fingerprint density at radius 2 is 1.89 bits per heavy atom. The smallest absolute Gasteiger partial charge is 0.152 e. The highest BCUT2D eigenvalue weighted by Crippen LogP contribution is 2.22. The molecule has 0 bridgehead atoms. The van der Waals surface area contributed by atoms with Crippen LogP contribution < -0.4 is 0 Å². The van der Waals surface area contributed by atoms with Crippen LogP contribution in [-0.4, -0.2) is 10.9 Å². The van der Waals surface area contributed by atoms with E-state index in [0.29, 0.717) is 12.1 Å². The van der Waals surface area contributed by atoms with E-state index in [1.165, 1.54) is 12.1 Å². The maximum Gasteiger partial charge on any atom is 0.152 e. The Kier molecular flexibility index (Phi) is 2.88. The third-order valence-electron chi connectivity index (χ3n) is 3.20. The minimum atomic E-state index is -0.294. The van der Waals surface area contributed by atoms with Gasteiger partial charge in [0.15, 0.2) is 6.29 Å². The maximum absolute atomic E-state index is 13.4. The molecule has 0 aliphatic rings. The number of hydrogen-bond donors (Lipinski definition) is 0. The van der Waals surface area contributed by atoms with Gasteiger partial charge >= 0.3 is 0 Å². The van der Waals surface area contributed by atoms with Crippen molar-refractivity contribution in [1.82, 2.24) is 4.57 Å². The van der Waals surface area contributed by atoms with Crippen LogP contribution in [0, 0.1) is 5.82 Å². The Bertz CT molecular complexity index is 731. The first-order valence-corrected chi connectivity index (χ1v) is 6.05.